The highest BCUT2D eigenvalue weighted by Gasteiger charge is 2.11. The molecule has 0 bridgehead atoms. The predicted molar refractivity (Wildman–Crippen MR) is 93.0 cm³/mol. The molecule has 0 unspecified atom stereocenters. The van der Waals surface area contributed by atoms with E-state index in [0.717, 1.165) is 32.6 Å². The Balaban J connectivity index is 1.95. The molecule has 2 rings (SSSR count). The summed E-state index contributed by atoms with van der Waals surface area (Å²) in [4.78, 5) is 2.23. The maximum absolute atomic E-state index is 3.59. The minimum Gasteiger partial charge on any atom is -0.384 e. The maximum atomic E-state index is 3.59. The molecule has 1 aliphatic heterocycles. The number of nitrogens with zero attached hydrogens (tertiary/aromatic N) is 1. The van der Waals surface area contributed by atoms with Crippen molar-refractivity contribution in [2.24, 2.45) is 0 Å². The highest BCUT2D eigenvalue weighted by atomic mass is 15.1. The van der Waals surface area contributed by atoms with Crippen LogP contribution in [0.5, 0.6) is 0 Å². The first kappa shape index (κ1) is 16.1. The van der Waals surface area contributed by atoms with E-state index in [1.807, 2.05) is 0 Å². The number of anilines is 1. The van der Waals surface area contributed by atoms with E-state index in [-0.39, 0.29) is 0 Å². The molecule has 21 heavy (non-hydrogen) atoms. The van der Waals surface area contributed by atoms with Crippen molar-refractivity contribution in [1.82, 2.24) is 10.2 Å². The van der Waals surface area contributed by atoms with E-state index in [1.165, 1.54) is 34.4 Å². The van der Waals surface area contributed by atoms with Crippen molar-refractivity contribution in [2.45, 2.75) is 26.7 Å². The minimum atomic E-state index is 1.00. The Morgan fingerprint density at radius 2 is 2.05 bits per heavy atom. The van der Waals surface area contributed by atoms with Crippen LogP contribution >= 0.6 is 0 Å². The molecule has 0 saturated heterocycles. The summed E-state index contributed by atoms with van der Waals surface area (Å²) in [5, 5.41) is 7.17. The van der Waals surface area contributed by atoms with Crippen LogP contribution in [0.3, 0.4) is 0 Å². The molecule has 3 heteroatoms. The standard InChI is InChI=1S/C18H29N3/c1-14-6-7-17-12-16(8-10-20-18(17)15(14)2)13-19-9-5-11-21(3)4/h6-7,12,19-20H,5,8-11,13H2,1-4H3. The summed E-state index contributed by atoms with van der Waals surface area (Å²) in [6.45, 7) is 8.65. The lowest BCUT2D eigenvalue weighted by Gasteiger charge is -2.12. The zero-order valence-corrected chi connectivity index (χ0v) is 13.9. The van der Waals surface area contributed by atoms with Gasteiger partial charge in [0.1, 0.15) is 0 Å². The van der Waals surface area contributed by atoms with E-state index in [2.05, 4.69) is 61.7 Å². The molecular formula is C18H29N3. The molecule has 0 saturated carbocycles. The van der Waals surface area contributed by atoms with Gasteiger partial charge < -0.3 is 15.5 Å². The number of nitrogens with one attached hydrogen (secondary N) is 2. The van der Waals surface area contributed by atoms with Crippen LogP contribution in [0.4, 0.5) is 5.69 Å². The van der Waals surface area contributed by atoms with E-state index in [0.29, 0.717) is 0 Å². The highest BCUT2D eigenvalue weighted by molar-refractivity contribution is 5.73. The molecule has 0 amide bonds. The van der Waals surface area contributed by atoms with Crippen molar-refractivity contribution in [2.75, 3.05) is 45.6 Å². The van der Waals surface area contributed by atoms with Crippen LogP contribution in [0.15, 0.2) is 17.7 Å². The monoisotopic (exact) mass is 287 g/mol. The van der Waals surface area contributed by atoms with E-state index in [4.69, 9.17) is 0 Å². The smallest absolute Gasteiger partial charge is 0.0446 e. The molecule has 0 fully saturated rings. The van der Waals surface area contributed by atoms with Gasteiger partial charge in [-0.2, -0.15) is 0 Å². The maximum Gasteiger partial charge on any atom is 0.0446 e. The first-order chi connectivity index (χ1) is 10.1. The Kier molecular flexibility index (Phi) is 5.83. The first-order valence-corrected chi connectivity index (χ1v) is 7.97. The zero-order chi connectivity index (χ0) is 15.2. The number of rotatable bonds is 6. The molecule has 1 aromatic carbocycles. The Bertz CT molecular complexity index is 503. The van der Waals surface area contributed by atoms with Gasteiger partial charge in [0.05, 0.1) is 0 Å². The number of hydrogen-bond donors (Lipinski definition) is 2. The van der Waals surface area contributed by atoms with Crippen LogP contribution in [-0.2, 0) is 0 Å². The van der Waals surface area contributed by atoms with Crippen LogP contribution in [0.2, 0.25) is 0 Å². The molecule has 3 nitrogen and oxygen atoms in total. The topological polar surface area (TPSA) is 27.3 Å². The summed E-state index contributed by atoms with van der Waals surface area (Å²) in [6.07, 6.45) is 4.68. The quantitative estimate of drug-likeness (QED) is 0.788. The molecular weight excluding hydrogens is 258 g/mol. The fraction of sp³-hybridized carbons (Fsp3) is 0.556. The third-order valence-electron chi connectivity index (χ3n) is 4.19. The van der Waals surface area contributed by atoms with Gasteiger partial charge in [-0.3, -0.25) is 0 Å². The van der Waals surface area contributed by atoms with Gasteiger partial charge in [0, 0.05) is 18.8 Å². The molecule has 2 N–H and O–H groups in total. The lowest BCUT2D eigenvalue weighted by molar-refractivity contribution is 0.396. The van der Waals surface area contributed by atoms with Crippen LogP contribution in [0.1, 0.15) is 29.5 Å². The van der Waals surface area contributed by atoms with Gasteiger partial charge >= 0.3 is 0 Å². The van der Waals surface area contributed by atoms with Gasteiger partial charge in [-0.05, 0) is 70.6 Å². The Morgan fingerprint density at radius 1 is 1.24 bits per heavy atom. The van der Waals surface area contributed by atoms with Crippen LogP contribution in [0, 0.1) is 13.8 Å². The highest BCUT2D eigenvalue weighted by Crippen LogP contribution is 2.28. The van der Waals surface area contributed by atoms with Gasteiger partial charge in [-0.15, -0.1) is 0 Å². The number of aryl methyl sites for hydroxylation is 1. The third kappa shape index (κ3) is 4.58. The molecule has 1 aromatic rings. The Hall–Kier alpha value is -1.32. The van der Waals surface area contributed by atoms with Crippen molar-refractivity contribution in [3.63, 3.8) is 0 Å². The van der Waals surface area contributed by atoms with Crippen LogP contribution in [-0.4, -0.2) is 45.2 Å². The van der Waals surface area contributed by atoms with E-state index < -0.39 is 0 Å². The lowest BCUT2D eigenvalue weighted by atomic mass is 10.0. The predicted octanol–water partition coefficient (Wildman–Crippen LogP) is 3.04. The summed E-state index contributed by atoms with van der Waals surface area (Å²) in [6, 6.07) is 4.46. The third-order valence-corrected chi connectivity index (χ3v) is 4.19. The fourth-order valence-electron chi connectivity index (χ4n) is 2.74. The first-order valence-electron chi connectivity index (χ1n) is 7.97. The van der Waals surface area contributed by atoms with Gasteiger partial charge in [0.25, 0.3) is 0 Å². The average molecular weight is 287 g/mol. The Morgan fingerprint density at radius 3 is 2.81 bits per heavy atom. The largest absolute Gasteiger partial charge is 0.384 e. The second-order valence-electron chi connectivity index (χ2n) is 6.28. The molecule has 0 aliphatic carbocycles. The minimum absolute atomic E-state index is 1.00. The average Bonchev–Trinajstić information content (AvgIpc) is 2.65. The number of hydrogen-bond acceptors (Lipinski definition) is 3. The Labute approximate surface area is 129 Å². The molecule has 0 atom stereocenters. The van der Waals surface area contributed by atoms with Gasteiger partial charge in [0.2, 0.25) is 0 Å². The second-order valence-corrected chi connectivity index (χ2v) is 6.28. The van der Waals surface area contributed by atoms with E-state index in [9.17, 15) is 0 Å². The van der Waals surface area contributed by atoms with E-state index >= 15 is 0 Å². The number of fused-ring (bicyclic) bond motifs is 1. The van der Waals surface area contributed by atoms with Gasteiger partial charge in [-0.1, -0.05) is 23.8 Å². The van der Waals surface area contributed by atoms with Crippen LogP contribution < -0.4 is 10.6 Å². The summed E-state index contributed by atoms with van der Waals surface area (Å²) < 4.78 is 0. The molecule has 1 aliphatic rings. The van der Waals surface area contributed by atoms with Gasteiger partial charge in [-0.25, -0.2) is 0 Å². The van der Waals surface area contributed by atoms with Crippen molar-refractivity contribution < 1.29 is 0 Å². The SMILES string of the molecule is Cc1ccc2c(c1C)NCCC(CNCCCN(C)C)=C2. The van der Waals surface area contributed by atoms with Crippen molar-refractivity contribution >= 4 is 11.8 Å². The summed E-state index contributed by atoms with van der Waals surface area (Å²) in [7, 11) is 4.25. The van der Waals surface area contributed by atoms with Crippen molar-refractivity contribution in [3.8, 4) is 0 Å². The second kappa shape index (κ2) is 7.62. The zero-order valence-electron chi connectivity index (χ0n) is 13.9. The van der Waals surface area contributed by atoms with Gasteiger partial charge in [0.15, 0.2) is 0 Å². The van der Waals surface area contributed by atoms with Crippen LogP contribution in [0.25, 0.3) is 6.08 Å². The molecule has 0 aromatic heterocycles. The molecule has 116 valence electrons. The molecule has 0 spiro atoms. The number of benzene rings is 1. The molecule has 1 heterocycles. The van der Waals surface area contributed by atoms with Crippen molar-refractivity contribution in [3.05, 3.63) is 34.4 Å². The summed E-state index contributed by atoms with van der Waals surface area (Å²) in [5.74, 6) is 0. The van der Waals surface area contributed by atoms with Crippen molar-refractivity contribution in [1.29, 1.82) is 0 Å². The van der Waals surface area contributed by atoms with E-state index in [1.54, 1.807) is 0 Å². The summed E-state index contributed by atoms with van der Waals surface area (Å²) in [5.41, 5.74) is 6.89. The normalized spacial score (nSPS) is 14.4. The summed E-state index contributed by atoms with van der Waals surface area (Å²) >= 11 is 0. The lowest BCUT2D eigenvalue weighted by Crippen LogP contribution is -2.23. The fourth-order valence-corrected chi connectivity index (χ4v) is 2.74. The molecule has 0 radical (unpaired) electrons.